The highest BCUT2D eigenvalue weighted by atomic mass is 16.5. The number of benzene rings is 1. The Morgan fingerprint density at radius 3 is 2.69 bits per heavy atom. The molecule has 1 aromatic carbocycles. The van der Waals surface area contributed by atoms with Crippen LogP contribution in [-0.4, -0.2) is 32.6 Å². The highest BCUT2D eigenvalue weighted by molar-refractivity contribution is 5.53. The van der Waals surface area contributed by atoms with E-state index >= 15 is 0 Å². The summed E-state index contributed by atoms with van der Waals surface area (Å²) in [6.07, 6.45) is 3.97. The first kappa shape index (κ1) is 12.7. The van der Waals surface area contributed by atoms with Crippen molar-refractivity contribution < 1.29 is 4.74 Å². The Morgan fingerprint density at radius 2 is 2.12 bits per heavy atom. The zero-order valence-electron chi connectivity index (χ0n) is 10.2. The van der Waals surface area contributed by atoms with Crippen LogP contribution in [-0.2, 0) is 6.54 Å². The maximum absolute atomic E-state index is 5.43. The fraction of sp³-hybridized carbons (Fsp3) is 0.385. The molecule has 0 saturated carbocycles. The minimum atomic E-state index is 0.565. The van der Waals surface area contributed by atoms with Gasteiger partial charge in [0, 0.05) is 18.7 Å². The van der Waals surface area contributed by atoms with Crippen molar-refractivity contribution in [3.63, 3.8) is 0 Å². The maximum atomic E-state index is 5.43. The first-order valence-electron chi connectivity index (χ1n) is 5.35. The summed E-state index contributed by atoms with van der Waals surface area (Å²) in [5.74, 6) is 0.929. The predicted molar refractivity (Wildman–Crippen MR) is 68.5 cm³/mol. The Balaban J connectivity index is 2.96. The Hall–Kier alpha value is -1.32. The van der Waals surface area contributed by atoms with Crippen LogP contribution < -0.4 is 10.5 Å². The molecule has 0 radical (unpaired) electrons. The molecule has 16 heavy (non-hydrogen) atoms. The third kappa shape index (κ3) is 3.68. The molecule has 3 nitrogen and oxygen atoms in total. The number of nitrogens with two attached hydrogens (primary N) is 1. The molecule has 0 amide bonds. The van der Waals surface area contributed by atoms with Crippen molar-refractivity contribution in [3.8, 4) is 5.75 Å². The first-order valence-corrected chi connectivity index (χ1v) is 5.35. The molecule has 0 saturated heterocycles. The molecule has 1 aromatic rings. The van der Waals surface area contributed by atoms with Crippen LogP contribution in [0, 0.1) is 0 Å². The third-order valence-electron chi connectivity index (χ3n) is 2.24. The molecule has 88 valence electrons. The lowest BCUT2D eigenvalue weighted by molar-refractivity contribution is 0.372. The van der Waals surface area contributed by atoms with Crippen LogP contribution in [0.2, 0.25) is 0 Å². The van der Waals surface area contributed by atoms with Crippen LogP contribution >= 0.6 is 0 Å². The molecule has 0 aliphatic rings. The van der Waals surface area contributed by atoms with Gasteiger partial charge in [-0.1, -0.05) is 18.2 Å². The molecule has 2 N–H and O–H groups in total. The molecule has 1 rings (SSSR count). The molecule has 0 aromatic heterocycles. The summed E-state index contributed by atoms with van der Waals surface area (Å²) < 4.78 is 5.33. The first-order chi connectivity index (χ1) is 7.67. The quantitative estimate of drug-likeness (QED) is 0.821. The van der Waals surface area contributed by atoms with E-state index in [2.05, 4.69) is 11.0 Å². The van der Waals surface area contributed by atoms with Crippen LogP contribution in [0.15, 0.2) is 24.3 Å². The fourth-order valence-corrected chi connectivity index (χ4v) is 1.57. The van der Waals surface area contributed by atoms with E-state index in [9.17, 15) is 0 Å². The van der Waals surface area contributed by atoms with E-state index in [4.69, 9.17) is 10.5 Å². The summed E-state index contributed by atoms with van der Waals surface area (Å²) in [7, 11) is 5.79. The van der Waals surface area contributed by atoms with E-state index in [1.807, 2.05) is 38.4 Å². The van der Waals surface area contributed by atoms with Gasteiger partial charge >= 0.3 is 0 Å². The zero-order valence-corrected chi connectivity index (χ0v) is 10.2. The highest BCUT2D eigenvalue weighted by Gasteiger charge is 2.04. The Kier molecular flexibility index (Phi) is 5.02. The van der Waals surface area contributed by atoms with Gasteiger partial charge in [0.2, 0.25) is 0 Å². The summed E-state index contributed by atoms with van der Waals surface area (Å²) in [6.45, 7) is 1.43. The molecule has 0 fully saturated rings. The topological polar surface area (TPSA) is 38.5 Å². The number of methoxy groups -OCH3 is 1. The second kappa shape index (κ2) is 6.30. The van der Waals surface area contributed by atoms with E-state index in [1.54, 1.807) is 7.11 Å². The SMILES string of the molecule is COc1ccc(/C=C/CN)cc1CN(C)C. The van der Waals surface area contributed by atoms with Crippen molar-refractivity contribution in [1.29, 1.82) is 0 Å². The van der Waals surface area contributed by atoms with Crippen LogP contribution in [0.25, 0.3) is 6.08 Å². The number of hydrogen-bond donors (Lipinski definition) is 1. The smallest absolute Gasteiger partial charge is 0.123 e. The van der Waals surface area contributed by atoms with E-state index < -0.39 is 0 Å². The second-order valence-electron chi connectivity index (χ2n) is 3.95. The molecule has 0 aliphatic carbocycles. The fourth-order valence-electron chi connectivity index (χ4n) is 1.57. The Morgan fingerprint density at radius 1 is 1.38 bits per heavy atom. The maximum Gasteiger partial charge on any atom is 0.123 e. The molecule has 0 bridgehead atoms. The lowest BCUT2D eigenvalue weighted by Gasteiger charge is -2.14. The Bertz CT molecular complexity index is 359. The molecule has 0 aliphatic heterocycles. The summed E-state index contributed by atoms with van der Waals surface area (Å²) in [5.41, 5.74) is 7.77. The average Bonchev–Trinajstić information content (AvgIpc) is 2.26. The summed E-state index contributed by atoms with van der Waals surface area (Å²) >= 11 is 0. The normalized spacial score (nSPS) is 11.3. The third-order valence-corrected chi connectivity index (χ3v) is 2.24. The van der Waals surface area contributed by atoms with Crippen molar-refractivity contribution in [3.05, 3.63) is 35.4 Å². The van der Waals surface area contributed by atoms with E-state index in [0.29, 0.717) is 6.54 Å². The van der Waals surface area contributed by atoms with Gasteiger partial charge < -0.3 is 15.4 Å². The molecule has 3 heteroatoms. The van der Waals surface area contributed by atoms with Crippen molar-refractivity contribution in [2.75, 3.05) is 27.7 Å². The predicted octanol–water partition coefficient (Wildman–Crippen LogP) is 1.73. The van der Waals surface area contributed by atoms with Gasteiger partial charge in [-0.2, -0.15) is 0 Å². The van der Waals surface area contributed by atoms with Crippen LogP contribution in [0.4, 0.5) is 0 Å². The van der Waals surface area contributed by atoms with Crippen LogP contribution in [0.1, 0.15) is 11.1 Å². The molecular weight excluding hydrogens is 200 g/mol. The number of ether oxygens (including phenoxy) is 1. The monoisotopic (exact) mass is 220 g/mol. The minimum absolute atomic E-state index is 0.565. The van der Waals surface area contributed by atoms with Gasteiger partial charge in [0.1, 0.15) is 5.75 Å². The highest BCUT2D eigenvalue weighted by Crippen LogP contribution is 2.21. The molecular formula is C13H20N2O. The molecule has 0 heterocycles. The second-order valence-corrected chi connectivity index (χ2v) is 3.95. The van der Waals surface area contributed by atoms with E-state index in [1.165, 1.54) is 5.56 Å². The number of nitrogens with zero attached hydrogens (tertiary/aromatic N) is 1. The van der Waals surface area contributed by atoms with Gasteiger partial charge in [0.05, 0.1) is 7.11 Å². The number of hydrogen-bond acceptors (Lipinski definition) is 3. The van der Waals surface area contributed by atoms with E-state index in [0.717, 1.165) is 17.9 Å². The van der Waals surface area contributed by atoms with Crippen LogP contribution in [0.3, 0.4) is 0 Å². The van der Waals surface area contributed by atoms with Crippen molar-refractivity contribution >= 4 is 6.08 Å². The van der Waals surface area contributed by atoms with Crippen LogP contribution in [0.5, 0.6) is 5.75 Å². The molecule has 0 atom stereocenters. The Labute approximate surface area is 97.5 Å². The van der Waals surface area contributed by atoms with Gasteiger partial charge in [-0.05, 0) is 31.8 Å². The zero-order chi connectivity index (χ0) is 12.0. The van der Waals surface area contributed by atoms with Crippen molar-refractivity contribution in [2.45, 2.75) is 6.54 Å². The van der Waals surface area contributed by atoms with Gasteiger partial charge in [-0.25, -0.2) is 0 Å². The van der Waals surface area contributed by atoms with Crippen molar-refractivity contribution in [2.24, 2.45) is 5.73 Å². The van der Waals surface area contributed by atoms with Gasteiger partial charge in [0.25, 0.3) is 0 Å². The lowest BCUT2D eigenvalue weighted by Crippen LogP contribution is -2.11. The van der Waals surface area contributed by atoms with Gasteiger partial charge in [-0.15, -0.1) is 0 Å². The van der Waals surface area contributed by atoms with Gasteiger partial charge in [0.15, 0.2) is 0 Å². The standard InChI is InChI=1S/C13H20N2O/c1-15(2)10-12-9-11(5-4-8-14)6-7-13(12)16-3/h4-7,9H,8,10,14H2,1-3H3/b5-4+. The minimum Gasteiger partial charge on any atom is -0.496 e. The molecule has 0 spiro atoms. The molecule has 0 unspecified atom stereocenters. The summed E-state index contributed by atoms with van der Waals surface area (Å²) in [5, 5.41) is 0. The van der Waals surface area contributed by atoms with Gasteiger partial charge in [-0.3, -0.25) is 0 Å². The van der Waals surface area contributed by atoms with E-state index in [-0.39, 0.29) is 0 Å². The summed E-state index contributed by atoms with van der Waals surface area (Å²) in [4.78, 5) is 2.12. The lowest BCUT2D eigenvalue weighted by atomic mass is 10.1. The summed E-state index contributed by atoms with van der Waals surface area (Å²) in [6, 6.07) is 6.16. The van der Waals surface area contributed by atoms with Crippen molar-refractivity contribution in [1.82, 2.24) is 4.90 Å². The average molecular weight is 220 g/mol. The number of rotatable bonds is 5. The largest absolute Gasteiger partial charge is 0.496 e.